The fourth-order valence-electron chi connectivity index (χ4n) is 3.39. The zero-order chi connectivity index (χ0) is 19.1. The van der Waals surface area contributed by atoms with Crippen LogP contribution in [0.5, 0.6) is 0 Å². The predicted molar refractivity (Wildman–Crippen MR) is 105 cm³/mol. The Kier molecular flexibility index (Phi) is 6.96. The van der Waals surface area contributed by atoms with Crippen LogP contribution in [0.2, 0.25) is 0 Å². The summed E-state index contributed by atoms with van der Waals surface area (Å²) in [5.41, 5.74) is 3.05. The van der Waals surface area contributed by atoms with Crippen molar-refractivity contribution in [3.05, 3.63) is 71.5 Å². The first-order valence-electron chi connectivity index (χ1n) is 9.57. The average Bonchev–Trinajstić information content (AvgIpc) is 3.13. The van der Waals surface area contributed by atoms with E-state index >= 15 is 0 Å². The zero-order valence-corrected chi connectivity index (χ0v) is 15.7. The monoisotopic (exact) mass is 370 g/mol. The van der Waals surface area contributed by atoms with Gasteiger partial charge in [0.05, 0.1) is 11.8 Å². The normalized spacial score (nSPS) is 17.6. The summed E-state index contributed by atoms with van der Waals surface area (Å²) in [7, 11) is 0. The zero-order valence-electron chi connectivity index (χ0n) is 15.7. The molecule has 2 aromatic carbocycles. The van der Waals surface area contributed by atoms with Crippen LogP contribution in [0.1, 0.15) is 37.3 Å². The molecule has 0 aromatic heterocycles. The Morgan fingerprint density at radius 2 is 1.93 bits per heavy atom. The van der Waals surface area contributed by atoms with E-state index in [1.165, 1.54) is 12.1 Å². The van der Waals surface area contributed by atoms with Gasteiger partial charge in [-0.05, 0) is 29.7 Å². The van der Waals surface area contributed by atoms with Crippen molar-refractivity contribution < 1.29 is 14.3 Å². The Hall–Kier alpha value is -2.24. The highest BCUT2D eigenvalue weighted by Gasteiger charge is 2.25. The molecule has 5 heteroatoms. The quantitative estimate of drug-likeness (QED) is 0.726. The number of aliphatic hydroxyl groups excluding tert-OH is 1. The maximum absolute atomic E-state index is 13.2. The van der Waals surface area contributed by atoms with Crippen LogP contribution in [-0.2, 0) is 11.4 Å². The lowest BCUT2D eigenvalue weighted by Gasteiger charge is -2.27. The van der Waals surface area contributed by atoms with Gasteiger partial charge in [0, 0.05) is 26.1 Å². The van der Waals surface area contributed by atoms with Crippen molar-refractivity contribution in [2.45, 2.75) is 44.9 Å². The van der Waals surface area contributed by atoms with E-state index in [9.17, 15) is 9.50 Å². The summed E-state index contributed by atoms with van der Waals surface area (Å²) < 4.78 is 13.2. The Morgan fingerprint density at radius 1 is 1.19 bits per heavy atom. The first-order valence-corrected chi connectivity index (χ1v) is 9.57. The lowest BCUT2D eigenvalue weighted by Crippen LogP contribution is -2.37. The molecule has 2 aromatic rings. The Balaban J connectivity index is 1.61. The van der Waals surface area contributed by atoms with Crippen molar-refractivity contribution in [2.24, 2.45) is 5.16 Å². The van der Waals surface area contributed by atoms with Gasteiger partial charge in [-0.25, -0.2) is 4.39 Å². The maximum Gasteiger partial charge on any atom is 0.145 e. The van der Waals surface area contributed by atoms with Crippen molar-refractivity contribution in [2.75, 3.05) is 13.1 Å². The summed E-state index contributed by atoms with van der Waals surface area (Å²) in [5.74, 6) is -0.239. The summed E-state index contributed by atoms with van der Waals surface area (Å²) in [4.78, 5) is 7.82. The first-order chi connectivity index (χ1) is 13.1. The van der Waals surface area contributed by atoms with Crippen LogP contribution in [0.3, 0.4) is 0 Å². The van der Waals surface area contributed by atoms with Crippen LogP contribution in [0, 0.1) is 5.82 Å². The van der Waals surface area contributed by atoms with Gasteiger partial charge in [-0.3, -0.25) is 4.90 Å². The minimum atomic E-state index is -0.383. The number of rotatable bonds is 9. The number of hydrogen-bond donors (Lipinski definition) is 1. The molecule has 2 atom stereocenters. The molecule has 0 saturated heterocycles. The Labute approximate surface area is 160 Å². The third-order valence-corrected chi connectivity index (χ3v) is 4.71. The molecule has 4 nitrogen and oxygen atoms in total. The van der Waals surface area contributed by atoms with Crippen molar-refractivity contribution in [1.29, 1.82) is 0 Å². The SMILES string of the molecule is CCCC(O)CN(Cc1ccc(F)cc1)CC1CC(c2ccccc2)=NO1. The summed E-state index contributed by atoms with van der Waals surface area (Å²) in [6.07, 6.45) is 2.01. The fourth-order valence-corrected chi connectivity index (χ4v) is 3.39. The standard InChI is InChI=1S/C22H27FN2O2/c1-2-6-20(26)15-25(14-17-9-11-19(23)12-10-17)16-21-13-22(24-27-21)18-7-4-3-5-8-18/h3-5,7-12,20-21,26H,2,6,13-16H2,1H3. The lowest BCUT2D eigenvalue weighted by molar-refractivity contribution is 0.0305. The van der Waals surface area contributed by atoms with Crippen LogP contribution in [0.25, 0.3) is 0 Å². The highest BCUT2D eigenvalue weighted by Crippen LogP contribution is 2.19. The van der Waals surface area contributed by atoms with Gasteiger partial charge in [-0.1, -0.05) is 61.0 Å². The number of aliphatic hydroxyl groups is 1. The summed E-state index contributed by atoms with van der Waals surface area (Å²) >= 11 is 0. The molecular formula is C22H27FN2O2. The minimum Gasteiger partial charge on any atom is -0.392 e. The van der Waals surface area contributed by atoms with Gasteiger partial charge in [0.2, 0.25) is 0 Å². The van der Waals surface area contributed by atoms with Crippen molar-refractivity contribution >= 4 is 5.71 Å². The first kappa shape index (κ1) is 19.5. The molecule has 0 bridgehead atoms. The third kappa shape index (κ3) is 5.88. The second-order valence-electron chi connectivity index (χ2n) is 7.10. The molecule has 3 rings (SSSR count). The molecule has 144 valence electrons. The maximum atomic E-state index is 13.2. The molecule has 1 N–H and O–H groups in total. The lowest BCUT2D eigenvalue weighted by atomic mass is 10.0. The van der Waals surface area contributed by atoms with Crippen LogP contribution in [0.15, 0.2) is 59.8 Å². The van der Waals surface area contributed by atoms with E-state index < -0.39 is 0 Å². The van der Waals surface area contributed by atoms with Crippen LogP contribution in [0.4, 0.5) is 4.39 Å². The van der Waals surface area contributed by atoms with E-state index in [-0.39, 0.29) is 18.0 Å². The molecule has 27 heavy (non-hydrogen) atoms. The van der Waals surface area contributed by atoms with E-state index in [1.54, 1.807) is 12.1 Å². The van der Waals surface area contributed by atoms with E-state index in [4.69, 9.17) is 4.84 Å². The average molecular weight is 370 g/mol. The van der Waals surface area contributed by atoms with Crippen molar-refractivity contribution in [3.63, 3.8) is 0 Å². The van der Waals surface area contributed by atoms with E-state index in [1.807, 2.05) is 30.3 Å². The highest BCUT2D eigenvalue weighted by molar-refractivity contribution is 6.01. The molecule has 0 saturated carbocycles. The molecule has 0 radical (unpaired) electrons. The Morgan fingerprint density at radius 3 is 2.63 bits per heavy atom. The van der Waals surface area contributed by atoms with Gasteiger partial charge in [-0.15, -0.1) is 0 Å². The number of oxime groups is 1. The van der Waals surface area contributed by atoms with E-state index in [2.05, 4.69) is 17.0 Å². The summed E-state index contributed by atoms with van der Waals surface area (Å²) in [6, 6.07) is 16.6. The molecule has 1 aliphatic rings. The molecule has 0 fully saturated rings. The molecule has 0 aliphatic carbocycles. The molecule has 0 amide bonds. The number of benzene rings is 2. The van der Waals surface area contributed by atoms with Crippen LogP contribution >= 0.6 is 0 Å². The van der Waals surface area contributed by atoms with Gasteiger partial charge in [-0.2, -0.15) is 0 Å². The summed E-state index contributed by atoms with van der Waals surface area (Å²) in [5, 5.41) is 14.5. The predicted octanol–water partition coefficient (Wildman–Crippen LogP) is 3.98. The number of nitrogens with zero attached hydrogens (tertiary/aromatic N) is 2. The van der Waals surface area contributed by atoms with Gasteiger partial charge in [0.1, 0.15) is 11.9 Å². The minimum absolute atomic E-state index is 0.0468. The Bertz CT molecular complexity index is 734. The van der Waals surface area contributed by atoms with Crippen LogP contribution < -0.4 is 0 Å². The summed E-state index contributed by atoms with van der Waals surface area (Å²) in [6.45, 7) is 3.93. The smallest absolute Gasteiger partial charge is 0.145 e. The second kappa shape index (κ2) is 9.62. The van der Waals surface area contributed by atoms with E-state index in [0.717, 1.165) is 36.1 Å². The topological polar surface area (TPSA) is 45.1 Å². The van der Waals surface area contributed by atoms with Gasteiger partial charge in [0.25, 0.3) is 0 Å². The van der Waals surface area contributed by atoms with Crippen molar-refractivity contribution in [3.8, 4) is 0 Å². The van der Waals surface area contributed by atoms with Gasteiger partial charge >= 0.3 is 0 Å². The second-order valence-corrected chi connectivity index (χ2v) is 7.10. The third-order valence-electron chi connectivity index (χ3n) is 4.71. The van der Waals surface area contributed by atoms with Crippen LogP contribution in [-0.4, -0.2) is 41.0 Å². The van der Waals surface area contributed by atoms with Gasteiger partial charge in [0.15, 0.2) is 0 Å². The molecule has 2 unspecified atom stereocenters. The number of halogens is 1. The van der Waals surface area contributed by atoms with E-state index in [0.29, 0.717) is 19.6 Å². The number of hydrogen-bond acceptors (Lipinski definition) is 4. The van der Waals surface area contributed by atoms with Crippen molar-refractivity contribution in [1.82, 2.24) is 4.90 Å². The molecule has 1 heterocycles. The highest BCUT2D eigenvalue weighted by atomic mass is 19.1. The molecule has 1 aliphatic heterocycles. The fraction of sp³-hybridized carbons (Fsp3) is 0.409. The molecule has 0 spiro atoms. The van der Waals surface area contributed by atoms with Gasteiger partial charge < -0.3 is 9.94 Å². The molecular weight excluding hydrogens is 343 g/mol. The largest absolute Gasteiger partial charge is 0.392 e.